The first-order valence-electron chi connectivity index (χ1n) is 8.25. The maximum atomic E-state index is 13.0. The Kier molecular flexibility index (Phi) is 5.48. The van der Waals surface area contributed by atoms with E-state index in [4.69, 9.17) is 16.3 Å². The van der Waals surface area contributed by atoms with E-state index >= 15 is 0 Å². The molecule has 1 amide bonds. The van der Waals surface area contributed by atoms with Crippen LogP contribution in [0.2, 0.25) is 5.02 Å². The molecule has 1 aromatic heterocycles. The molecule has 2 heterocycles. The van der Waals surface area contributed by atoms with E-state index in [1.807, 2.05) is 54.3 Å². The molecule has 0 unspecified atom stereocenters. The van der Waals surface area contributed by atoms with Gasteiger partial charge in [-0.05, 0) is 43.2 Å². The lowest BCUT2D eigenvalue weighted by Crippen LogP contribution is -2.40. The second-order valence-electron chi connectivity index (χ2n) is 5.89. The first kappa shape index (κ1) is 16.9. The minimum atomic E-state index is -0.221. The first-order valence-corrected chi connectivity index (χ1v) is 8.63. The van der Waals surface area contributed by atoms with Crippen molar-refractivity contribution < 1.29 is 9.53 Å². The zero-order chi connectivity index (χ0) is 16.9. The van der Waals surface area contributed by atoms with Crippen molar-refractivity contribution in [2.75, 3.05) is 19.8 Å². The summed E-state index contributed by atoms with van der Waals surface area (Å²) in [6.45, 7) is 3.77. The fraction of sp³-hybridized carbons (Fsp3) is 0.368. The summed E-state index contributed by atoms with van der Waals surface area (Å²) in [5, 5.41) is 0.678. The number of aromatic nitrogens is 1. The highest BCUT2D eigenvalue weighted by Crippen LogP contribution is 2.30. The maximum Gasteiger partial charge on any atom is 0.228 e. The minimum absolute atomic E-state index is 0.0662. The normalized spacial score (nSPS) is 18.3. The zero-order valence-electron chi connectivity index (χ0n) is 13.7. The highest BCUT2D eigenvalue weighted by molar-refractivity contribution is 6.30. The Morgan fingerprint density at radius 2 is 2.12 bits per heavy atom. The van der Waals surface area contributed by atoms with Gasteiger partial charge in [-0.25, -0.2) is 0 Å². The van der Waals surface area contributed by atoms with Crippen molar-refractivity contribution in [3.8, 4) is 0 Å². The topological polar surface area (TPSA) is 42.4 Å². The van der Waals surface area contributed by atoms with Crippen LogP contribution >= 0.6 is 11.6 Å². The quantitative estimate of drug-likeness (QED) is 0.830. The molecular weight excluding hydrogens is 324 g/mol. The molecule has 1 aliphatic heterocycles. The molecule has 0 saturated carbocycles. The van der Waals surface area contributed by atoms with E-state index in [9.17, 15) is 4.79 Å². The van der Waals surface area contributed by atoms with Gasteiger partial charge in [0.2, 0.25) is 5.91 Å². The van der Waals surface area contributed by atoms with E-state index < -0.39 is 0 Å². The summed E-state index contributed by atoms with van der Waals surface area (Å²) in [6.07, 6.45) is 2.54. The second-order valence-corrected chi connectivity index (χ2v) is 6.33. The molecule has 0 spiro atoms. The number of halogens is 1. The molecule has 5 heteroatoms. The van der Waals surface area contributed by atoms with Crippen LogP contribution in [0.1, 0.15) is 30.6 Å². The fourth-order valence-corrected chi connectivity index (χ4v) is 3.25. The highest BCUT2D eigenvalue weighted by atomic mass is 35.5. The molecule has 2 atom stereocenters. The summed E-state index contributed by atoms with van der Waals surface area (Å²) in [5.74, 6) is 0.0593. The Balaban J connectivity index is 1.98. The molecule has 126 valence electrons. The summed E-state index contributed by atoms with van der Waals surface area (Å²) in [4.78, 5) is 19.4. The Bertz CT molecular complexity index is 670. The van der Waals surface area contributed by atoms with E-state index in [1.54, 1.807) is 6.20 Å². The van der Waals surface area contributed by atoms with Gasteiger partial charge >= 0.3 is 0 Å². The van der Waals surface area contributed by atoms with Crippen LogP contribution in [0.25, 0.3) is 0 Å². The molecule has 0 radical (unpaired) electrons. The number of hydrogen-bond acceptors (Lipinski definition) is 3. The van der Waals surface area contributed by atoms with Gasteiger partial charge in [-0.3, -0.25) is 9.78 Å². The van der Waals surface area contributed by atoms with Crippen molar-refractivity contribution in [3.63, 3.8) is 0 Å². The number of nitrogens with zero attached hydrogens (tertiary/aromatic N) is 2. The number of hydrogen-bond donors (Lipinski definition) is 0. The number of ether oxygens (including phenoxy) is 1. The van der Waals surface area contributed by atoms with Crippen molar-refractivity contribution in [2.24, 2.45) is 5.92 Å². The molecule has 3 rings (SSSR count). The highest BCUT2D eigenvalue weighted by Gasteiger charge is 2.33. The number of benzene rings is 1. The van der Waals surface area contributed by atoms with Crippen LogP contribution in [0.4, 0.5) is 0 Å². The molecule has 4 nitrogen and oxygen atoms in total. The third kappa shape index (κ3) is 3.60. The van der Waals surface area contributed by atoms with Crippen LogP contribution in [-0.4, -0.2) is 35.5 Å². The Morgan fingerprint density at radius 1 is 1.33 bits per heavy atom. The monoisotopic (exact) mass is 344 g/mol. The average Bonchev–Trinajstić information content (AvgIpc) is 3.15. The van der Waals surface area contributed by atoms with Crippen molar-refractivity contribution in [1.82, 2.24) is 9.88 Å². The smallest absolute Gasteiger partial charge is 0.228 e. The van der Waals surface area contributed by atoms with Gasteiger partial charge in [0.15, 0.2) is 0 Å². The molecule has 0 N–H and O–H groups in total. The van der Waals surface area contributed by atoms with Crippen molar-refractivity contribution in [3.05, 3.63) is 64.9 Å². The van der Waals surface area contributed by atoms with Gasteiger partial charge in [0.05, 0.1) is 24.3 Å². The van der Waals surface area contributed by atoms with Gasteiger partial charge in [0.25, 0.3) is 0 Å². The van der Waals surface area contributed by atoms with E-state index in [1.165, 1.54) is 0 Å². The van der Waals surface area contributed by atoms with Crippen LogP contribution in [0.3, 0.4) is 0 Å². The Labute approximate surface area is 147 Å². The fourth-order valence-electron chi connectivity index (χ4n) is 3.12. The molecule has 24 heavy (non-hydrogen) atoms. The molecule has 2 aromatic rings. The summed E-state index contributed by atoms with van der Waals surface area (Å²) in [5.41, 5.74) is 1.86. The van der Waals surface area contributed by atoms with Crippen LogP contribution in [0.15, 0.2) is 48.7 Å². The number of rotatable bonds is 5. The Hall–Kier alpha value is -1.91. The van der Waals surface area contributed by atoms with Gasteiger partial charge in [-0.2, -0.15) is 0 Å². The number of carbonyl (C=O) groups is 1. The third-order valence-electron chi connectivity index (χ3n) is 4.37. The van der Waals surface area contributed by atoms with Crippen molar-refractivity contribution in [1.29, 1.82) is 0 Å². The number of pyridine rings is 1. The second kappa shape index (κ2) is 7.77. The summed E-state index contributed by atoms with van der Waals surface area (Å²) in [6, 6.07) is 13.2. The molecule has 0 bridgehead atoms. The minimum Gasteiger partial charge on any atom is -0.381 e. The molecule has 1 saturated heterocycles. The predicted molar refractivity (Wildman–Crippen MR) is 93.8 cm³/mol. The lowest BCUT2D eigenvalue weighted by molar-refractivity contribution is -0.137. The van der Waals surface area contributed by atoms with Gasteiger partial charge < -0.3 is 9.64 Å². The van der Waals surface area contributed by atoms with Crippen LogP contribution in [0, 0.1) is 5.92 Å². The molecular formula is C19H21ClN2O2. The van der Waals surface area contributed by atoms with Crippen LogP contribution in [-0.2, 0) is 9.53 Å². The summed E-state index contributed by atoms with van der Waals surface area (Å²) >= 11 is 6.03. The van der Waals surface area contributed by atoms with E-state index in [2.05, 4.69) is 4.98 Å². The van der Waals surface area contributed by atoms with Gasteiger partial charge in [0, 0.05) is 24.4 Å². The average molecular weight is 345 g/mol. The standard InChI is InChI=1S/C19H21ClN2O2/c1-2-22(19(23)15-10-12-24-13-15)18(17-5-3-4-11-21-17)14-6-8-16(20)9-7-14/h3-9,11,15,18H,2,10,12-13H2,1H3/t15-,18-/m1/s1. The largest absolute Gasteiger partial charge is 0.381 e. The van der Waals surface area contributed by atoms with Crippen LogP contribution < -0.4 is 0 Å². The summed E-state index contributed by atoms with van der Waals surface area (Å²) in [7, 11) is 0. The van der Waals surface area contributed by atoms with Gasteiger partial charge in [0.1, 0.15) is 0 Å². The number of amides is 1. The van der Waals surface area contributed by atoms with Gasteiger partial charge in [-0.15, -0.1) is 0 Å². The molecule has 1 aliphatic rings. The molecule has 1 aromatic carbocycles. The molecule has 1 fully saturated rings. The zero-order valence-corrected chi connectivity index (χ0v) is 14.4. The SMILES string of the molecule is CCN(C(=O)[C@@H]1CCOC1)[C@H](c1ccc(Cl)cc1)c1ccccn1. The third-order valence-corrected chi connectivity index (χ3v) is 4.62. The van der Waals surface area contributed by atoms with Gasteiger partial charge in [-0.1, -0.05) is 29.8 Å². The van der Waals surface area contributed by atoms with Crippen molar-refractivity contribution in [2.45, 2.75) is 19.4 Å². The lowest BCUT2D eigenvalue weighted by Gasteiger charge is -2.32. The lowest BCUT2D eigenvalue weighted by atomic mass is 9.98. The van der Waals surface area contributed by atoms with Crippen molar-refractivity contribution >= 4 is 17.5 Å². The summed E-state index contributed by atoms with van der Waals surface area (Å²) < 4.78 is 5.40. The van der Waals surface area contributed by atoms with E-state index in [0.717, 1.165) is 17.7 Å². The Morgan fingerprint density at radius 3 is 2.71 bits per heavy atom. The van der Waals surface area contributed by atoms with Crippen LogP contribution in [0.5, 0.6) is 0 Å². The van der Waals surface area contributed by atoms with E-state index in [0.29, 0.717) is 24.8 Å². The molecule has 0 aliphatic carbocycles. The number of carbonyl (C=O) groups excluding carboxylic acids is 1. The van der Waals surface area contributed by atoms with E-state index in [-0.39, 0.29) is 17.9 Å². The predicted octanol–water partition coefficient (Wildman–Crippen LogP) is 3.71. The maximum absolute atomic E-state index is 13.0. The first-order chi connectivity index (χ1) is 11.7.